The number of benzene rings is 2. The van der Waals surface area contributed by atoms with Gasteiger partial charge in [-0.2, -0.15) is 0 Å². The number of halogens is 1. The van der Waals surface area contributed by atoms with Gasteiger partial charge in [-0.1, -0.05) is 23.7 Å². The standard InChI is InChI=1S/C21H17ClN2O4/c1-27-19-13-14(23-20(25)11-9-15-5-4-12-28-15)8-10-18(19)24-21(26)16-6-2-3-7-17(16)22/h2-13H,1H3,(H,23,25)(H,24,26)/b11-9+. The zero-order valence-electron chi connectivity index (χ0n) is 14.9. The summed E-state index contributed by atoms with van der Waals surface area (Å²) in [5.74, 6) is 0.284. The van der Waals surface area contributed by atoms with Crippen LogP contribution in [0.15, 0.2) is 71.4 Å². The molecule has 142 valence electrons. The first kappa shape index (κ1) is 19.3. The van der Waals surface area contributed by atoms with Crippen LogP contribution >= 0.6 is 11.6 Å². The van der Waals surface area contributed by atoms with Gasteiger partial charge in [0.1, 0.15) is 11.5 Å². The first-order valence-corrected chi connectivity index (χ1v) is 8.71. The molecular formula is C21H17ClN2O4. The van der Waals surface area contributed by atoms with Gasteiger partial charge in [0, 0.05) is 17.8 Å². The molecule has 0 bridgehead atoms. The highest BCUT2D eigenvalue weighted by molar-refractivity contribution is 6.34. The van der Waals surface area contributed by atoms with Gasteiger partial charge < -0.3 is 19.8 Å². The lowest BCUT2D eigenvalue weighted by molar-refractivity contribution is -0.111. The molecule has 28 heavy (non-hydrogen) atoms. The Labute approximate surface area is 166 Å². The molecule has 0 fully saturated rings. The summed E-state index contributed by atoms with van der Waals surface area (Å²) in [6, 6.07) is 15.1. The van der Waals surface area contributed by atoms with Crippen LogP contribution in [-0.4, -0.2) is 18.9 Å². The lowest BCUT2D eigenvalue weighted by Crippen LogP contribution is -2.13. The van der Waals surface area contributed by atoms with Gasteiger partial charge in [-0.15, -0.1) is 0 Å². The molecule has 0 radical (unpaired) electrons. The molecule has 3 rings (SSSR count). The van der Waals surface area contributed by atoms with Crippen LogP contribution in [0.5, 0.6) is 5.75 Å². The lowest BCUT2D eigenvalue weighted by Gasteiger charge is -2.12. The van der Waals surface area contributed by atoms with E-state index in [0.29, 0.717) is 33.5 Å². The van der Waals surface area contributed by atoms with E-state index in [1.807, 2.05) is 0 Å². The molecule has 0 aliphatic heterocycles. The van der Waals surface area contributed by atoms with Gasteiger partial charge in [0.2, 0.25) is 5.91 Å². The molecule has 2 amide bonds. The molecule has 0 unspecified atom stereocenters. The normalized spacial score (nSPS) is 10.6. The summed E-state index contributed by atoms with van der Waals surface area (Å²) in [6.45, 7) is 0. The summed E-state index contributed by atoms with van der Waals surface area (Å²) in [5, 5.41) is 5.83. The van der Waals surface area contributed by atoms with Crippen LogP contribution < -0.4 is 15.4 Å². The second-order valence-corrected chi connectivity index (χ2v) is 6.09. The smallest absolute Gasteiger partial charge is 0.257 e. The summed E-state index contributed by atoms with van der Waals surface area (Å²) >= 11 is 6.06. The molecular weight excluding hydrogens is 380 g/mol. The number of anilines is 2. The molecule has 0 aliphatic carbocycles. The van der Waals surface area contributed by atoms with Crippen LogP contribution in [0.4, 0.5) is 11.4 Å². The number of methoxy groups -OCH3 is 1. The minimum atomic E-state index is -0.359. The number of hydrogen-bond acceptors (Lipinski definition) is 4. The molecule has 3 aromatic rings. The minimum Gasteiger partial charge on any atom is -0.494 e. The van der Waals surface area contributed by atoms with Gasteiger partial charge in [0.05, 0.1) is 29.6 Å². The van der Waals surface area contributed by atoms with Gasteiger partial charge in [-0.05, 0) is 42.5 Å². The van der Waals surface area contributed by atoms with Crippen molar-refractivity contribution in [1.29, 1.82) is 0 Å². The van der Waals surface area contributed by atoms with Crippen molar-refractivity contribution in [1.82, 2.24) is 0 Å². The third-order valence-electron chi connectivity index (χ3n) is 3.78. The van der Waals surface area contributed by atoms with Gasteiger partial charge in [0.15, 0.2) is 0 Å². The third kappa shape index (κ3) is 4.81. The highest BCUT2D eigenvalue weighted by Gasteiger charge is 2.13. The fraction of sp³-hybridized carbons (Fsp3) is 0.0476. The van der Waals surface area contributed by atoms with Crippen molar-refractivity contribution in [2.75, 3.05) is 17.7 Å². The van der Waals surface area contributed by atoms with Crippen LogP contribution in [0.3, 0.4) is 0 Å². The molecule has 1 aromatic heterocycles. The summed E-state index contributed by atoms with van der Waals surface area (Å²) in [5.41, 5.74) is 1.32. The Morgan fingerprint density at radius 3 is 2.61 bits per heavy atom. The van der Waals surface area contributed by atoms with E-state index in [1.54, 1.807) is 60.7 Å². The van der Waals surface area contributed by atoms with E-state index < -0.39 is 0 Å². The fourth-order valence-corrected chi connectivity index (χ4v) is 2.66. The second-order valence-electron chi connectivity index (χ2n) is 5.69. The molecule has 2 N–H and O–H groups in total. The second kappa shape index (κ2) is 8.92. The van der Waals surface area contributed by atoms with Crippen LogP contribution in [0.1, 0.15) is 16.1 Å². The Hall–Kier alpha value is -3.51. The average Bonchev–Trinajstić information content (AvgIpc) is 3.21. The van der Waals surface area contributed by atoms with E-state index in [2.05, 4.69) is 10.6 Å². The summed E-state index contributed by atoms with van der Waals surface area (Å²) in [6.07, 6.45) is 4.45. The molecule has 7 heteroatoms. The van der Waals surface area contributed by atoms with Crippen molar-refractivity contribution >= 4 is 40.9 Å². The number of nitrogens with one attached hydrogen (secondary N) is 2. The van der Waals surface area contributed by atoms with Gasteiger partial charge in [-0.25, -0.2) is 0 Å². The molecule has 0 saturated carbocycles. The third-order valence-corrected chi connectivity index (χ3v) is 4.11. The fourth-order valence-electron chi connectivity index (χ4n) is 2.44. The Morgan fingerprint density at radius 2 is 1.89 bits per heavy atom. The Bertz CT molecular complexity index is 1010. The molecule has 0 aliphatic rings. The number of rotatable bonds is 6. The largest absolute Gasteiger partial charge is 0.494 e. The predicted octanol–water partition coefficient (Wildman–Crippen LogP) is 4.85. The SMILES string of the molecule is COc1cc(NC(=O)/C=C/c2ccco2)ccc1NC(=O)c1ccccc1Cl. The van der Waals surface area contributed by atoms with Gasteiger partial charge >= 0.3 is 0 Å². The molecule has 1 heterocycles. The number of amides is 2. The van der Waals surface area contributed by atoms with Crippen LogP contribution in [0.25, 0.3) is 6.08 Å². The monoisotopic (exact) mass is 396 g/mol. The summed E-state index contributed by atoms with van der Waals surface area (Å²) in [7, 11) is 1.48. The van der Waals surface area contributed by atoms with E-state index in [9.17, 15) is 9.59 Å². The van der Waals surface area contributed by atoms with Crippen molar-refractivity contribution in [3.8, 4) is 5.75 Å². The summed E-state index contributed by atoms with van der Waals surface area (Å²) in [4.78, 5) is 24.5. The zero-order valence-corrected chi connectivity index (χ0v) is 15.7. The van der Waals surface area contributed by atoms with Crippen molar-refractivity contribution < 1.29 is 18.7 Å². The molecule has 0 saturated heterocycles. The maximum absolute atomic E-state index is 12.4. The highest BCUT2D eigenvalue weighted by atomic mass is 35.5. The maximum atomic E-state index is 12.4. The minimum absolute atomic E-state index is 0.327. The van der Waals surface area contributed by atoms with Crippen LogP contribution in [0, 0.1) is 0 Å². The Kier molecular flexibility index (Phi) is 6.14. The van der Waals surface area contributed by atoms with E-state index in [1.165, 1.54) is 19.4 Å². The number of ether oxygens (including phenoxy) is 1. The lowest BCUT2D eigenvalue weighted by atomic mass is 10.2. The van der Waals surface area contributed by atoms with E-state index in [-0.39, 0.29) is 11.8 Å². The van der Waals surface area contributed by atoms with Crippen molar-refractivity contribution in [3.05, 3.63) is 83.3 Å². The number of hydrogen-bond donors (Lipinski definition) is 2. The predicted molar refractivity (Wildman–Crippen MR) is 109 cm³/mol. The number of carbonyl (C=O) groups excluding carboxylic acids is 2. The van der Waals surface area contributed by atoms with Crippen LogP contribution in [-0.2, 0) is 4.79 Å². The highest BCUT2D eigenvalue weighted by Crippen LogP contribution is 2.29. The first-order valence-electron chi connectivity index (χ1n) is 8.33. The van der Waals surface area contributed by atoms with Gasteiger partial charge in [-0.3, -0.25) is 9.59 Å². The number of furan rings is 1. The Morgan fingerprint density at radius 1 is 1.07 bits per heavy atom. The molecule has 6 nitrogen and oxygen atoms in total. The topological polar surface area (TPSA) is 80.6 Å². The van der Waals surface area contributed by atoms with Crippen molar-refractivity contribution in [2.24, 2.45) is 0 Å². The zero-order chi connectivity index (χ0) is 19.9. The quantitative estimate of drug-likeness (QED) is 0.584. The van der Waals surface area contributed by atoms with E-state index in [4.69, 9.17) is 20.8 Å². The number of carbonyl (C=O) groups is 2. The Balaban J connectivity index is 1.70. The van der Waals surface area contributed by atoms with Crippen molar-refractivity contribution in [2.45, 2.75) is 0 Å². The van der Waals surface area contributed by atoms with E-state index >= 15 is 0 Å². The van der Waals surface area contributed by atoms with Crippen molar-refractivity contribution in [3.63, 3.8) is 0 Å². The summed E-state index contributed by atoms with van der Waals surface area (Å²) < 4.78 is 10.5. The first-order chi connectivity index (χ1) is 13.6. The average molecular weight is 397 g/mol. The van der Waals surface area contributed by atoms with Gasteiger partial charge in [0.25, 0.3) is 5.91 Å². The molecule has 0 spiro atoms. The van der Waals surface area contributed by atoms with E-state index in [0.717, 1.165) is 0 Å². The molecule has 2 aromatic carbocycles. The maximum Gasteiger partial charge on any atom is 0.257 e. The van der Waals surface area contributed by atoms with Crippen LogP contribution in [0.2, 0.25) is 5.02 Å². The molecule has 0 atom stereocenters.